The lowest BCUT2D eigenvalue weighted by Crippen LogP contribution is -2.37. The maximum absolute atomic E-state index is 13.1. The van der Waals surface area contributed by atoms with Crippen LogP contribution in [0.5, 0.6) is 5.88 Å². The molecule has 1 aromatic heterocycles. The van der Waals surface area contributed by atoms with Crippen molar-refractivity contribution in [1.29, 1.82) is 0 Å². The highest BCUT2D eigenvalue weighted by Gasteiger charge is 2.41. The number of urea groups is 1. The summed E-state index contributed by atoms with van der Waals surface area (Å²) in [7, 11) is -4.12. The van der Waals surface area contributed by atoms with E-state index in [2.05, 4.69) is 22.1 Å². The maximum atomic E-state index is 13.1. The number of rotatable bonds is 3. The van der Waals surface area contributed by atoms with Crippen molar-refractivity contribution < 1.29 is 17.9 Å². The molecule has 33 heavy (non-hydrogen) atoms. The smallest absolute Gasteiger partial charge is 0.333 e. The zero-order valence-corrected chi connectivity index (χ0v) is 19.8. The van der Waals surface area contributed by atoms with E-state index in [9.17, 15) is 13.2 Å². The van der Waals surface area contributed by atoms with Gasteiger partial charge in [0.25, 0.3) is 10.0 Å². The van der Waals surface area contributed by atoms with E-state index in [4.69, 9.17) is 4.74 Å². The largest absolute Gasteiger partial charge is 0.476 e. The van der Waals surface area contributed by atoms with Crippen LogP contribution < -0.4 is 14.8 Å². The van der Waals surface area contributed by atoms with Crippen molar-refractivity contribution in [2.75, 3.05) is 11.9 Å². The number of fused-ring (bicyclic) bond motifs is 3. The van der Waals surface area contributed by atoms with Crippen LogP contribution in [0.3, 0.4) is 0 Å². The number of aromatic nitrogens is 2. The van der Waals surface area contributed by atoms with Gasteiger partial charge in [-0.15, -0.1) is 0 Å². The van der Waals surface area contributed by atoms with Gasteiger partial charge in [0, 0.05) is 11.1 Å². The molecule has 0 unspecified atom stereocenters. The van der Waals surface area contributed by atoms with Crippen molar-refractivity contribution in [3.05, 3.63) is 34.0 Å². The van der Waals surface area contributed by atoms with Crippen molar-refractivity contribution in [2.24, 2.45) is 5.41 Å². The average Bonchev–Trinajstić information content (AvgIpc) is 3.57. The lowest BCUT2D eigenvalue weighted by Gasteiger charge is -2.33. The minimum Gasteiger partial charge on any atom is -0.476 e. The van der Waals surface area contributed by atoms with Crippen LogP contribution in [-0.2, 0) is 42.3 Å². The van der Waals surface area contributed by atoms with Gasteiger partial charge in [-0.2, -0.15) is 5.10 Å². The summed E-state index contributed by atoms with van der Waals surface area (Å²) >= 11 is 0. The van der Waals surface area contributed by atoms with Gasteiger partial charge in [0.05, 0.1) is 19.3 Å². The van der Waals surface area contributed by atoms with Gasteiger partial charge in [-0.1, -0.05) is 12.8 Å². The van der Waals surface area contributed by atoms with Gasteiger partial charge in [-0.25, -0.2) is 22.6 Å². The molecule has 2 N–H and O–H groups in total. The number of nitrogens with one attached hydrogen (secondary N) is 2. The Morgan fingerprint density at radius 3 is 2.33 bits per heavy atom. The number of sulfonamides is 1. The SMILES string of the molecule is Cc1c2c(c(NC(=O)NS(=O)(=O)c3cnn4c3OCC3(CCCC3)C4)c3c1CCC3)CCC2. The van der Waals surface area contributed by atoms with Gasteiger partial charge in [-0.05, 0) is 86.1 Å². The first-order valence-electron chi connectivity index (χ1n) is 12.1. The molecule has 1 fully saturated rings. The molecule has 4 aliphatic rings. The number of benzene rings is 1. The summed E-state index contributed by atoms with van der Waals surface area (Å²) in [6.45, 7) is 3.34. The average molecular weight is 471 g/mol. The summed E-state index contributed by atoms with van der Waals surface area (Å²) in [6.07, 6.45) is 11.8. The Bertz CT molecular complexity index is 1220. The molecule has 0 atom stereocenters. The molecule has 1 saturated carbocycles. The fourth-order valence-corrected chi connectivity index (χ4v) is 7.50. The van der Waals surface area contributed by atoms with Crippen LogP contribution in [-0.4, -0.2) is 30.8 Å². The number of anilines is 1. The molecule has 3 aliphatic carbocycles. The van der Waals surface area contributed by atoms with E-state index in [1.807, 2.05) is 0 Å². The van der Waals surface area contributed by atoms with Gasteiger partial charge in [0.2, 0.25) is 5.88 Å². The summed E-state index contributed by atoms with van der Waals surface area (Å²) < 4.78 is 35.9. The number of nitrogens with zero attached hydrogens (tertiary/aromatic N) is 2. The molecule has 1 aliphatic heterocycles. The molecule has 2 amide bonds. The molecule has 1 spiro atoms. The predicted molar refractivity (Wildman–Crippen MR) is 123 cm³/mol. The number of carbonyl (C=O) groups is 1. The highest BCUT2D eigenvalue weighted by atomic mass is 32.2. The lowest BCUT2D eigenvalue weighted by atomic mass is 9.86. The molecule has 2 heterocycles. The molecule has 1 aromatic carbocycles. The molecule has 0 radical (unpaired) electrons. The number of hydrogen-bond acceptors (Lipinski definition) is 5. The second-order valence-corrected chi connectivity index (χ2v) is 11.8. The monoisotopic (exact) mass is 470 g/mol. The van der Waals surface area contributed by atoms with Gasteiger partial charge >= 0.3 is 6.03 Å². The molecule has 176 valence electrons. The van der Waals surface area contributed by atoms with Crippen LogP contribution in [0.2, 0.25) is 0 Å². The third-order valence-electron chi connectivity index (χ3n) is 8.12. The summed E-state index contributed by atoms with van der Waals surface area (Å²) in [5, 5.41) is 7.19. The van der Waals surface area contributed by atoms with Crippen LogP contribution in [0.1, 0.15) is 66.3 Å². The summed E-state index contributed by atoms with van der Waals surface area (Å²) in [6, 6.07) is -0.731. The predicted octanol–water partition coefficient (Wildman–Crippen LogP) is 3.63. The van der Waals surface area contributed by atoms with Crippen LogP contribution in [0.4, 0.5) is 10.5 Å². The van der Waals surface area contributed by atoms with Crippen LogP contribution in [0.15, 0.2) is 11.1 Å². The standard InChI is InChI=1S/C24H30N4O4S/c1-15-16-6-4-8-18(16)21(19-9-5-7-17(15)19)26-23(29)27-33(30,31)20-12-25-28-13-24(10-2-3-11-24)14-32-22(20)28/h12H,2-11,13-14H2,1H3,(H2,26,27,29). The number of hydrogen-bond donors (Lipinski definition) is 2. The Labute approximate surface area is 194 Å². The second-order valence-electron chi connectivity index (χ2n) is 10.1. The second kappa shape index (κ2) is 7.48. The minimum absolute atomic E-state index is 0.0526. The molecule has 8 nitrogen and oxygen atoms in total. The highest BCUT2D eigenvalue weighted by molar-refractivity contribution is 7.90. The van der Waals surface area contributed by atoms with E-state index in [-0.39, 0.29) is 16.2 Å². The maximum Gasteiger partial charge on any atom is 0.333 e. The fourth-order valence-electron chi connectivity index (χ4n) is 6.51. The van der Waals surface area contributed by atoms with E-state index in [0.717, 1.165) is 57.1 Å². The lowest BCUT2D eigenvalue weighted by molar-refractivity contribution is 0.0717. The first-order chi connectivity index (χ1) is 15.9. The van der Waals surface area contributed by atoms with Crippen molar-refractivity contribution in [2.45, 2.75) is 82.6 Å². The first-order valence-corrected chi connectivity index (χ1v) is 13.5. The van der Waals surface area contributed by atoms with E-state index < -0.39 is 16.1 Å². The summed E-state index contributed by atoms with van der Waals surface area (Å²) in [4.78, 5) is 12.8. The summed E-state index contributed by atoms with van der Waals surface area (Å²) in [5.41, 5.74) is 7.24. The molecule has 0 saturated heterocycles. The molecular weight excluding hydrogens is 440 g/mol. The minimum atomic E-state index is -4.12. The van der Waals surface area contributed by atoms with E-state index in [1.54, 1.807) is 4.68 Å². The topological polar surface area (TPSA) is 102 Å². The van der Waals surface area contributed by atoms with E-state index >= 15 is 0 Å². The van der Waals surface area contributed by atoms with Gasteiger partial charge in [0.15, 0.2) is 4.90 Å². The summed E-state index contributed by atoms with van der Waals surface area (Å²) in [5.74, 6) is 0.227. The van der Waals surface area contributed by atoms with Gasteiger partial charge in [0.1, 0.15) is 0 Å². The van der Waals surface area contributed by atoms with Crippen molar-refractivity contribution in [3.63, 3.8) is 0 Å². The van der Waals surface area contributed by atoms with Crippen LogP contribution in [0.25, 0.3) is 0 Å². The van der Waals surface area contributed by atoms with Crippen LogP contribution in [0, 0.1) is 12.3 Å². The molecule has 6 rings (SSSR count). The molecule has 0 bridgehead atoms. The molecule has 9 heteroatoms. The van der Waals surface area contributed by atoms with E-state index in [0.29, 0.717) is 13.2 Å². The number of carbonyl (C=O) groups excluding carboxylic acids is 1. The zero-order valence-electron chi connectivity index (χ0n) is 19.0. The quantitative estimate of drug-likeness (QED) is 0.713. The third-order valence-corrected chi connectivity index (χ3v) is 9.44. The normalized spacial score (nSPS) is 20.3. The third kappa shape index (κ3) is 3.34. The van der Waals surface area contributed by atoms with Gasteiger partial charge in [-0.3, -0.25) is 0 Å². The Hall–Kier alpha value is -2.55. The van der Waals surface area contributed by atoms with Crippen molar-refractivity contribution in [1.82, 2.24) is 14.5 Å². The van der Waals surface area contributed by atoms with Gasteiger partial charge < -0.3 is 10.1 Å². The molecule has 2 aromatic rings. The number of amides is 2. The Kier molecular flexibility index (Phi) is 4.76. The molecular formula is C24H30N4O4S. The Morgan fingerprint density at radius 2 is 1.67 bits per heavy atom. The van der Waals surface area contributed by atoms with Crippen molar-refractivity contribution >= 4 is 21.7 Å². The number of ether oxygens (including phenoxy) is 1. The Morgan fingerprint density at radius 1 is 1.03 bits per heavy atom. The highest BCUT2D eigenvalue weighted by Crippen LogP contribution is 2.44. The zero-order chi connectivity index (χ0) is 22.8. The van der Waals surface area contributed by atoms with Crippen LogP contribution >= 0.6 is 0 Å². The van der Waals surface area contributed by atoms with Crippen molar-refractivity contribution in [3.8, 4) is 5.88 Å². The first kappa shape index (κ1) is 21.0. The van der Waals surface area contributed by atoms with E-state index in [1.165, 1.54) is 46.9 Å². The fraction of sp³-hybridized carbons (Fsp3) is 0.583. The Balaban J connectivity index is 1.25.